The second-order valence-corrected chi connectivity index (χ2v) is 6.51. The Morgan fingerprint density at radius 1 is 1.26 bits per heavy atom. The van der Waals surface area contributed by atoms with Gasteiger partial charge in [-0.25, -0.2) is 0 Å². The number of aliphatic hydroxyl groups is 1. The first-order valence-electron chi connectivity index (χ1n) is 7.15. The SMILES string of the molecule is CC1CCC(O)C(CN(C)Cc2ccc(Cl)cc2)C1. The van der Waals surface area contributed by atoms with Crippen molar-refractivity contribution in [1.29, 1.82) is 0 Å². The molecule has 19 heavy (non-hydrogen) atoms. The lowest BCUT2D eigenvalue weighted by Crippen LogP contribution is -2.36. The number of rotatable bonds is 4. The van der Waals surface area contributed by atoms with Crippen LogP contribution in [0.4, 0.5) is 0 Å². The Morgan fingerprint density at radius 3 is 2.63 bits per heavy atom. The summed E-state index contributed by atoms with van der Waals surface area (Å²) < 4.78 is 0. The topological polar surface area (TPSA) is 23.5 Å². The third kappa shape index (κ3) is 4.48. The Bertz CT molecular complexity index is 392. The van der Waals surface area contributed by atoms with Crippen LogP contribution in [0.3, 0.4) is 0 Å². The number of halogens is 1. The van der Waals surface area contributed by atoms with Gasteiger partial charge in [-0.2, -0.15) is 0 Å². The van der Waals surface area contributed by atoms with E-state index in [1.807, 2.05) is 12.1 Å². The monoisotopic (exact) mass is 281 g/mol. The van der Waals surface area contributed by atoms with Gasteiger partial charge in [0.15, 0.2) is 0 Å². The van der Waals surface area contributed by atoms with Crippen LogP contribution in [0.1, 0.15) is 31.7 Å². The molecule has 0 bridgehead atoms. The highest BCUT2D eigenvalue weighted by atomic mass is 35.5. The highest BCUT2D eigenvalue weighted by Gasteiger charge is 2.27. The van der Waals surface area contributed by atoms with E-state index in [1.54, 1.807) is 0 Å². The minimum atomic E-state index is -0.121. The molecule has 0 radical (unpaired) electrons. The van der Waals surface area contributed by atoms with Crippen molar-refractivity contribution in [3.05, 3.63) is 34.9 Å². The van der Waals surface area contributed by atoms with E-state index in [0.29, 0.717) is 5.92 Å². The van der Waals surface area contributed by atoms with E-state index in [2.05, 4.69) is 31.0 Å². The Morgan fingerprint density at radius 2 is 1.95 bits per heavy atom. The van der Waals surface area contributed by atoms with Gasteiger partial charge in [0.25, 0.3) is 0 Å². The summed E-state index contributed by atoms with van der Waals surface area (Å²) in [6.07, 6.45) is 3.15. The Balaban J connectivity index is 1.86. The number of hydrogen-bond acceptors (Lipinski definition) is 2. The summed E-state index contributed by atoms with van der Waals surface area (Å²) in [5.74, 6) is 1.17. The van der Waals surface area contributed by atoms with Crippen molar-refractivity contribution in [1.82, 2.24) is 4.90 Å². The quantitative estimate of drug-likeness (QED) is 0.912. The minimum absolute atomic E-state index is 0.121. The summed E-state index contributed by atoms with van der Waals surface area (Å²) in [4.78, 5) is 2.30. The summed E-state index contributed by atoms with van der Waals surface area (Å²) in [6.45, 7) is 4.17. The molecule has 0 saturated heterocycles. The maximum absolute atomic E-state index is 10.1. The summed E-state index contributed by atoms with van der Waals surface area (Å²) in [6, 6.07) is 8.00. The molecule has 106 valence electrons. The molecule has 0 aliphatic heterocycles. The van der Waals surface area contributed by atoms with Crippen molar-refractivity contribution in [3.63, 3.8) is 0 Å². The first kappa shape index (κ1) is 14.8. The molecular formula is C16H24ClNO. The Hall–Kier alpha value is -0.570. The van der Waals surface area contributed by atoms with Crippen molar-refractivity contribution in [2.75, 3.05) is 13.6 Å². The lowest BCUT2D eigenvalue weighted by molar-refractivity contribution is 0.0338. The van der Waals surface area contributed by atoms with Gasteiger partial charge < -0.3 is 10.0 Å². The molecule has 1 N–H and O–H groups in total. The number of aliphatic hydroxyl groups excluding tert-OH is 1. The molecule has 0 aromatic heterocycles. The molecule has 2 nitrogen and oxygen atoms in total. The zero-order valence-electron chi connectivity index (χ0n) is 11.8. The summed E-state index contributed by atoms with van der Waals surface area (Å²) in [5, 5.41) is 10.9. The third-order valence-corrected chi connectivity index (χ3v) is 4.37. The molecular weight excluding hydrogens is 258 g/mol. The Labute approximate surface area is 121 Å². The molecule has 1 fully saturated rings. The van der Waals surface area contributed by atoms with E-state index in [1.165, 1.54) is 12.0 Å². The first-order chi connectivity index (χ1) is 9.04. The molecule has 1 aromatic rings. The fourth-order valence-electron chi connectivity index (χ4n) is 3.05. The Kier molecular flexibility index (Phi) is 5.26. The van der Waals surface area contributed by atoms with Gasteiger partial charge in [0.1, 0.15) is 0 Å². The van der Waals surface area contributed by atoms with Crippen LogP contribution in [-0.4, -0.2) is 29.7 Å². The van der Waals surface area contributed by atoms with Crippen molar-refractivity contribution in [2.45, 2.75) is 38.8 Å². The molecule has 1 aliphatic carbocycles. The van der Waals surface area contributed by atoms with E-state index in [-0.39, 0.29) is 6.10 Å². The number of hydrogen-bond donors (Lipinski definition) is 1. The predicted octanol–water partition coefficient (Wildman–Crippen LogP) is 3.57. The van der Waals surface area contributed by atoms with Gasteiger partial charge in [-0.15, -0.1) is 0 Å². The van der Waals surface area contributed by atoms with Gasteiger partial charge >= 0.3 is 0 Å². The molecule has 3 unspecified atom stereocenters. The largest absolute Gasteiger partial charge is 0.393 e. The standard InChI is InChI=1S/C16H24ClNO/c1-12-3-8-16(19)14(9-12)11-18(2)10-13-4-6-15(17)7-5-13/h4-7,12,14,16,19H,3,8-11H2,1-2H3. The molecule has 3 atom stereocenters. The van der Waals surface area contributed by atoms with Crippen LogP contribution in [-0.2, 0) is 6.54 Å². The van der Waals surface area contributed by atoms with E-state index in [0.717, 1.165) is 36.9 Å². The maximum Gasteiger partial charge on any atom is 0.0580 e. The molecule has 0 spiro atoms. The van der Waals surface area contributed by atoms with E-state index in [4.69, 9.17) is 11.6 Å². The van der Waals surface area contributed by atoms with Crippen molar-refractivity contribution in [3.8, 4) is 0 Å². The van der Waals surface area contributed by atoms with Crippen LogP contribution in [0.2, 0.25) is 5.02 Å². The first-order valence-corrected chi connectivity index (χ1v) is 7.53. The molecule has 0 amide bonds. The normalized spacial score (nSPS) is 27.7. The van der Waals surface area contributed by atoms with Crippen LogP contribution >= 0.6 is 11.6 Å². The maximum atomic E-state index is 10.1. The molecule has 2 rings (SSSR count). The van der Waals surface area contributed by atoms with E-state index >= 15 is 0 Å². The molecule has 3 heteroatoms. The van der Waals surface area contributed by atoms with Gasteiger partial charge in [0.2, 0.25) is 0 Å². The average Bonchev–Trinajstić information content (AvgIpc) is 2.37. The van der Waals surface area contributed by atoms with Gasteiger partial charge in [-0.1, -0.05) is 30.7 Å². The fourth-order valence-corrected chi connectivity index (χ4v) is 3.17. The minimum Gasteiger partial charge on any atom is -0.393 e. The van der Waals surface area contributed by atoms with Gasteiger partial charge in [0.05, 0.1) is 6.10 Å². The molecule has 1 aromatic carbocycles. The zero-order valence-corrected chi connectivity index (χ0v) is 12.6. The lowest BCUT2D eigenvalue weighted by Gasteiger charge is -2.34. The zero-order chi connectivity index (χ0) is 13.8. The lowest BCUT2D eigenvalue weighted by atomic mass is 9.80. The fraction of sp³-hybridized carbons (Fsp3) is 0.625. The van der Waals surface area contributed by atoms with Crippen LogP contribution in [0, 0.1) is 11.8 Å². The third-order valence-electron chi connectivity index (χ3n) is 4.12. The van der Waals surface area contributed by atoms with E-state index in [9.17, 15) is 5.11 Å². The van der Waals surface area contributed by atoms with Crippen LogP contribution < -0.4 is 0 Å². The van der Waals surface area contributed by atoms with Crippen LogP contribution in [0.15, 0.2) is 24.3 Å². The van der Waals surface area contributed by atoms with Crippen molar-refractivity contribution >= 4 is 11.6 Å². The van der Waals surface area contributed by atoms with Crippen molar-refractivity contribution in [2.24, 2.45) is 11.8 Å². The number of nitrogens with zero attached hydrogens (tertiary/aromatic N) is 1. The predicted molar refractivity (Wildman–Crippen MR) is 80.3 cm³/mol. The van der Waals surface area contributed by atoms with Crippen LogP contribution in [0.25, 0.3) is 0 Å². The highest BCUT2D eigenvalue weighted by Crippen LogP contribution is 2.29. The molecule has 0 heterocycles. The van der Waals surface area contributed by atoms with E-state index < -0.39 is 0 Å². The number of benzene rings is 1. The van der Waals surface area contributed by atoms with Gasteiger partial charge in [0, 0.05) is 18.1 Å². The van der Waals surface area contributed by atoms with Gasteiger partial charge in [-0.3, -0.25) is 0 Å². The molecule has 1 saturated carbocycles. The smallest absolute Gasteiger partial charge is 0.0580 e. The second-order valence-electron chi connectivity index (χ2n) is 6.07. The van der Waals surface area contributed by atoms with Crippen molar-refractivity contribution < 1.29 is 5.11 Å². The molecule has 1 aliphatic rings. The van der Waals surface area contributed by atoms with Gasteiger partial charge in [-0.05, 0) is 55.8 Å². The summed E-state index contributed by atoms with van der Waals surface area (Å²) in [5.41, 5.74) is 1.27. The average molecular weight is 282 g/mol. The second kappa shape index (κ2) is 6.74. The highest BCUT2D eigenvalue weighted by molar-refractivity contribution is 6.30. The van der Waals surface area contributed by atoms with Crippen LogP contribution in [0.5, 0.6) is 0 Å². The summed E-state index contributed by atoms with van der Waals surface area (Å²) >= 11 is 5.89. The summed E-state index contributed by atoms with van der Waals surface area (Å²) in [7, 11) is 2.13.